The molecule has 1 aromatic rings. The summed E-state index contributed by atoms with van der Waals surface area (Å²) >= 11 is 0. The second kappa shape index (κ2) is 5.71. The molecule has 100 valence electrons. The van der Waals surface area contributed by atoms with Gasteiger partial charge in [-0.1, -0.05) is 0 Å². The molecule has 0 saturated heterocycles. The molecule has 0 atom stereocenters. The van der Waals surface area contributed by atoms with E-state index in [4.69, 9.17) is 0 Å². The number of nitrogens with one attached hydrogen (secondary N) is 1. The number of hydrogen-bond donors (Lipinski definition) is 1. The second-order valence-corrected chi connectivity index (χ2v) is 3.13. The highest BCUT2D eigenvalue weighted by atomic mass is 19.4. The fraction of sp³-hybridized carbons (Fsp3) is 0.333. The highest BCUT2D eigenvalue weighted by molar-refractivity contribution is 5.91. The summed E-state index contributed by atoms with van der Waals surface area (Å²) in [6.45, 7) is -2.50. The monoisotopic (exact) mass is 270 g/mol. The number of halogens is 5. The molecule has 0 aromatic carbocycles. The SMILES string of the molecule is O=C(COCC(F)(F)F)Nc1ccc(F)nc1F. The number of hydrogen-bond acceptors (Lipinski definition) is 3. The molecule has 0 aliphatic carbocycles. The number of rotatable bonds is 4. The first-order chi connectivity index (χ1) is 8.28. The van der Waals surface area contributed by atoms with Gasteiger partial charge in [0.05, 0.1) is 5.69 Å². The third kappa shape index (κ3) is 5.04. The Morgan fingerprint density at radius 1 is 1.33 bits per heavy atom. The minimum absolute atomic E-state index is 0.447. The largest absolute Gasteiger partial charge is 0.411 e. The Morgan fingerprint density at radius 2 is 2.00 bits per heavy atom. The summed E-state index contributed by atoms with van der Waals surface area (Å²) in [7, 11) is 0. The summed E-state index contributed by atoms with van der Waals surface area (Å²) in [6.07, 6.45) is -4.55. The molecule has 1 heterocycles. The molecule has 0 bridgehead atoms. The topological polar surface area (TPSA) is 51.2 Å². The van der Waals surface area contributed by atoms with Gasteiger partial charge in [0.25, 0.3) is 0 Å². The molecule has 0 aliphatic heterocycles. The molecule has 1 rings (SSSR count). The molecule has 0 radical (unpaired) electrons. The van der Waals surface area contributed by atoms with Crippen molar-refractivity contribution in [3.63, 3.8) is 0 Å². The van der Waals surface area contributed by atoms with Crippen LogP contribution >= 0.6 is 0 Å². The lowest BCUT2D eigenvalue weighted by Gasteiger charge is -2.08. The molecule has 1 amide bonds. The normalized spacial score (nSPS) is 11.4. The molecule has 0 spiro atoms. The van der Waals surface area contributed by atoms with E-state index in [9.17, 15) is 26.7 Å². The van der Waals surface area contributed by atoms with Crippen LogP contribution < -0.4 is 5.32 Å². The molecule has 0 fully saturated rings. The molecule has 9 heteroatoms. The lowest BCUT2D eigenvalue weighted by Crippen LogP contribution is -2.24. The van der Waals surface area contributed by atoms with Crippen LogP contribution in [0.25, 0.3) is 0 Å². The zero-order valence-corrected chi connectivity index (χ0v) is 8.72. The third-order valence-electron chi connectivity index (χ3n) is 1.59. The van der Waals surface area contributed by atoms with E-state index in [0.29, 0.717) is 0 Å². The van der Waals surface area contributed by atoms with Crippen molar-refractivity contribution in [2.45, 2.75) is 6.18 Å². The number of carbonyl (C=O) groups excluding carboxylic acids is 1. The van der Waals surface area contributed by atoms with E-state index < -0.39 is 42.9 Å². The number of aromatic nitrogens is 1. The van der Waals surface area contributed by atoms with Crippen molar-refractivity contribution in [3.8, 4) is 0 Å². The lowest BCUT2D eigenvalue weighted by atomic mass is 10.4. The van der Waals surface area contributed by atoms with Gasteiger partial charge in [0.15, 0.2) is 0 Å². The van der Waals surface area contributed by atoms with Crippen LogP contribution in [0.3, 0.4) is 0 Å². The van der Waals surface area contributed by atoms with Crippen LogP contribution in [0.1, 0.15) is 0 Å². The van der Waals surface area contributed by atoms with E-state index in [2.05, 4.69) is 9.72 Å². The van der Waals surface area contributed by atoms with Gasteiger partial charge in [-0.25, -0.2) is 0 Å². The van der Waals surface area contributed by atoms with Crippen molar-refractivity contribution in [1.82, 2.24) is 4.98 Å². The van der Waals surface area contributed by atoms with Gasteiger partial charge in [0.1, 0.15) is 13.2 Å². The minimum atomic E-state index is -4.55. The smallest absolute Gasteiger partial charge is 0.362 e. The van der Waals surface area contributed by atoms with Gasteiger partial charge >= 0.3 is 6.18 Å². The molecule has 1 N–H and O–H groups in total. The van der Waals surface area contributed by atoms with Gasteiger partial charge < -0.3 is 10.1 Å². The first-order valence-electron chi connectivity index (χ1n) is 4.54. The van der Waals surface area contributed by atoms with E-state index >= 15 is 0 Å². The highest BCUT2D eigenvalue weighted by Gasteiger charge is 2.27. The van der Waals surface area contributed by atoms with Gasteiger partial charge in [0, 0.05) is 0 Å². The van der Waals surface area contributed by atoms with Crippen LogP contribution in [-0.2, 0) is 9.53 Å². The molecule has 0 saturated carbocycles. The Kier molecular flexibility index (Phi) is 4.54. The summed E-state index contributed by atoms with van der Waals surface area (Å²) in [5.74, 6) is -3.37. The summed E-state index contributed by atoms with van der Waals surface area (Å²) in [4.78, 5) is 13.8. The fourth-order valence-electron chi connectivity index (χ4n) is 0.951. The van der Waals surface area contributed by atoms with Crippen molar-refractivity contribution in [3.05, 3.63) is 24.0 Å². The molecule has 1 aromatic heterocycles. The quantitative estimate of drug-likeness (QED) is 0.671. The fourth-order valence-corrected chi connectivity index (χ4v) is 0.951. The highest BCUT2D eigenvalue weighted by Crippen LogP contribution is 2.15. The molecular weight excluding hydrogens is 263 g/mol. The molecule has 18 heavy (non-hydrogen) atoms. The Labute approximate surface area is 97.8 Å². The van der Waals surface area contributed by atoms with Gasteiger partial charge in [0.2, 0.25) is 17.8 Å². The van der Waals surface area contributed by atoms with Crippen molar-refractivity contribution in [1.29, 1.82) is 0 Å². The Hall–Kier alpha value is -1.77. The number of nitrogens with zero attached hydrogens (tertiary/aromatic N) is 1. The van der Waals surface area contributed by atoms with Crippen molar-refractivity contribution in [2.75, 3.05) is 18.5 Å². The van der Waals surface area contributed by atoms with Gasteiger partial charge in [-0.15, -0.1) is 0 Å². The van der Waals surface area contributed by atoms with E-state index in [-0.39, 0.29) is 0 Å². The van der Waals surface area contributed by atoms with Crippen molar-refractivity contribution in [2.24, 2.45) is 0 Å². The lowest BCUT2D eigenvalue weighted by molar-refractivity contribution is -0.174. The van der Waals surface area contributed by atoms with E-state index in [1.54, 1.807) is 0 Å². The maximum Gasteiger partial charge on any atom is 0.411 e. The molecule has 0 unspecified atom stereocenters. The van der Waals surface area contributed by atoms with Gasteiger partial charge in [-0.3, -0.25) is 4.79 Å². The minimum Gasteiger partial charge on any atom is -0.362 e. The van der Waals surface area contributed by atoms with E-state index in [0.717, 1.165) is 12.1 Å². The number of pyridine rings is 1. The first kappa shape index (κ1) is 14.3. The predicted molar refractivity (Wildman–Crippen MR) is 49.7 cm³/mol. The summed E-state index contributed by atoms with van der Waals surface area (Å²) in [5.41, 5.74) is -0.447. The Morgan fingerprint density at radius 3 is 2.56 bits per heavy atom. The molecule has 4 nitrogen and oxygen atoms in total. The predicted octanol–water partition coefficient (Wildman–Crippen LogP) is 1.88. The van der Waals surface area contributed by atoms with Crippen LogP contribution in [0.5, 0.6) is 0 Å². The van der Waals surface area contributed by atoms with Crippen LogP contribution in [0, 0.1) is 11.9 Å². The van der Waals surface area contributed by atoms with Crippen molar-refractivity contribution >= 4 is 11.6 Å². The van der Waals surface area contributed by atoms with Crippen LogP contribution in [-0.4, -0.2) is 30.3 Å². The Bertz CT molecular complexity index is 435. The summed E-state index contributed by atoms with van der Waals surface area (Å²) < 4.78 is 64.4. The van der Waals surface area contributed by atoms with E-state index in [1.807, 2.05) is 5.32 Å². The number of anilines is 1. The zero-order valence-electron chi connectivity index (χ0n) is 8.72. The van der Waals surface area contributed by atoms with Crippen molar-refractivity contribution < 1.29 is 31.5 Å². The number of alkyl halides is 3. The average Bonchev–Trinajstić information content (AvgIpc) is 2.20. The number of amides is 1. The molecule has 0 aliphatic rings. The molecular formula is C9H7F5N2O2. The first-order valence-corrected chi connectivity index (χ1v) is 4.54. The van der Waals surface area contributed by atoms with Gasteiger partial charge in [-0.05, 0) is 12.1 Å². The van der Waals surface area contributed by atoms with Crippen LogP contribution in [0.2, 0.25) is 0 Å². The van der Waals surface area contributed by atoms with Gasteiger partial charge in [-0.2, -0.15) is 26.9 Å². The standard InChI is InChI=1S/C9H7F5N2O2/c10-6-2-1-5(8(11)16-6)15-7(17)3-18-4-9(12,13)14/h1-2H,3-4H2,(H,15,17). The van der Waals surface area contributed by atoms with Crippen LogP contribution in [0.15, 0.2) is 12.1 Å². The maximum absolute atomic E-state index is 12.9. The van der Waals surface area contributed by atoms with E-state index in [1.165, 1.54) is 0 Å². The number of ether oxygens (including phenoxy) is 1. The third-order valence-corrected chi connectivity index (χ3v) is 1.59. The summed E-state index contributed by atoms with van der Waals surface area (Å²) in [6, 6.07) is 1.68. The average molecular weight is 270 g/mol. The van der Waals surface area contributed by atoms with Crippen LogP contribution in [0.4, 0.5) is 27.6 Å². The zero-order chi connectivity index (χ0) is 13.8. The maximum atomic E-state index is 12.9. The second-order valence-electron chi connectivity index (χ2n) is 3.13. The summed E-state index contributed by atoms with van der Waals surface area (Å²) in [5, 5.41) is 1.89. The number of carbonyl (C=O) groups is 1. The Balaban J connectivity index is 2.45.